The Labute approximate surface area is 263 Å². The fourth-order valence-electron chi connectivity index (χ4n) is 6.59. The average Bonchev–Trinajstić information content (AvgIpc) is 3.00. The number of ether oxygens (including phenoxy) is 2. The zero-order chi connectivity index (χ0) is 29.9. The lowest BCUT2D eigenvalue weighted by Gasteiger charge is -2.44. The Hall–Kier alpha value is -3.54. The quantitative estimate of drug-likeness (QED) is 0.241. The number of carbonyl (C=O) groups is 2. The highest BCUT2D eigenvalue weighted by atomic mass is 35.5. The van der Waals surface area contributed by atoms with Gasteiger partial charge in [-0.15, -0.1) is 0 Å². The van der Waals surface area contributed by atoms with Crippen LogP contribution in [0, 0.1) is 0 Å². The highest BCUT2D eigenvalue weighted by Crippen LogP contribution is 2.50. The standard InChI is InChI=1S/C36H35Cl2NO4/c1-2-42-33-20-24(15-17-32(33)43-22-25-14-16-26(37)21-27(25)38)34-35-28(10-6-12-30(35)40)39(19-18-23-8-4-3-5-9-23)29-11-7-13-31(41)36(29)34/h3-5,8-9,14-17,20-21,34H,2,6-7,10-13,18-19,22H2,1H3. The predicted octanol–water partition coefficient (Wildman–Crippen LogP) is 8.63. The summed E-state index contributed by atoms with van der Waals surface area (Å²) in [5.74, 6) is 1.02. The number of rotatable bonds is 9. The monoisotopic (exact) mass is 615 g/mol. The number of Topliss-reactive ketones (excluding diaryl/α,β-unsaturated/α-hetero) is 2. The van der Waals surface area contributed by atoms with E-state index >= 15 is 0 Å². The molecule has 0 N–H and O–H groups in total. The van der Waals surface area contributed by atoms with Crippen molar-refractivity contribution in [2.75, 3.05) is 13.2 Å². The molecule has 3 aromatic carbocycles. The molecule has 0 radical (unpaired) electrons. The van der Waals surface area contributed by atoms with Crippen molar-refractivity contribution in [3.05, 3.63) is 116 Å². The van der Waals surface area contributed by atoms with Crippen molar-refractivity contribution in [3.63, 3.8) is 0 Å². The molecule has 1 heterocycles. The van der Waals surface area contributed by atoms with Gasteiger partial charge in [-0.1, -0.05) is 65.7 Å². The SMILES string of the molecule is CCOc1cc(C2C3=C(CCCC3=O)N(CCc3ccccc3)C3=C2C(=O)CCC3)ccc1OCc1ccc(Cl)cc1Cl. The van der Waals surface area contributed by atoms with Crippen LogP contribution in [-0.4, -0.2) is 29.6 Å². The largest absolute Gasteiger partial charge is 0.490 e. The van der Waals surface area contributed by atoms with Crippen LogP contribution in [0.4, 0.5) is 0 Å². The van der Waals surface area contributed by atoms with E-state index in [1.54, 1.807) is 12.1 Å². The molecule has 222 valence electrons. The van der Waals surface area contributed by atoms with Crippen LogP contribution in [0.2, 0.25) is 10.0 Å². The first-order valence-corrected chi connectivity index (χ1v) is 15.9. The molecule has 0 saturated carbocycles. The van der Waals surface area contributed by atoms with E-state index in [2.05, 4.69) is 29.2 Å². The van der Waals surface area contributed by atoms with Gasteiger partial charge in [-0.2, -0.15) is 0 Å². The third kappa shape index (κ3) is 6.11. The summed E-state index contributed by atoms with van der Waals surface area (Å²) in [5.41, 5.74) is 6.66. The van der Waals surface area contributed by atoms with Crippen molar-refractivity contribution in [1.82, 2.24) is 4.90 Å². The van der Waals surface area contributed by atoms with E-state index in [1.807, 2.05) is 37.3 Å². The summed E-state index contributed by atoms with van der Waals surface area (Å²) in [4.78, 5) is 29.7. The van der Waals surface area contributed by atoms with Gasteiger partial charge in [0.2, 0.25) is 0 Å². The molecule has 0 atom stereocenters. The molecule has 2 aliphatic carbocycles. The van der Waals surface area contributed by atoms with Crippen molar-refractivity contribution in [3.8, 4) is 11.5 Å². The second-order valence-electron chi connectivity index (χ2n) is 11.3. The van der Waals surface area contributed by atoms with Gasteiger partial charge in [0.15, 0.2) is 23.1 Å². The van der Waals surface area contributed by atoms with E-state index in [1.165, 1.54) is 5.56 Å². The average molecular weight is 617 g/mol. The van der Waals surface area contributed by atoms with Gasteiger partial charge < -0.3 is 14.4 Å². The molecule has 0 spiro atoms. The van der Waals surface area contributed by atoms with Crippen molar-refractivity contribution in [2.45, 2.75) is 64.4 Å². The molecule has 7 heteroatoms. The highest BCUT2D eigenvalue weighted by Gasteiger charge is 2.43. The lowest BCUT2D eigenvalue weighted by Crippen LogP contribution is -2.39. The molecular formula is C36H35Cl2NO4. The molecule has 6 rings (SSSR count). The molecule has 0 bridgehead atoms. The molecule has 5 nitrogen and oxygen atoms in total. The minimum absolute atomic E-state index is 0.136. The van der Waals surface area contributed by atoms with Crippen molar-refractivity contribution in [1.29, 1.82) is 0 Å². The van der Waals surface area contributed by atoms with Crippen LogP contribution in [0.15, 0.2) is 89.3 Å². The number of halogens is 2. The lowest BCUT2D eigenvalue weighted by atomic mass is 9.71. The second kappa shape index (κ2) is 13.0. The summed E-state index contributed by atoms with van der Waals surface area (Å²) in [5, 5.41) is 1.10. The fourth-order valence-corrected chi connectivity index (χ4v) is 7.05. The summed E-state index contributed by atoms with van der Waals surface area (Å²) >= 11 is 12.4. The normalized spacial score (nSPS) is 17.2. The zero-order valence-corrected chi connectivity index (χ0v) is 25.8. The van der Waals surface area contributed by atoms with Crippen molar-refractivity contribution < 1.29 is 19.1 Å². The van der Waals surface area contributed by atoms with E-state index in [4.69, 9.17) is 32.7 Å². The van der Waals surface area contributed by atoms with Gasteiger partial charge in [0.05, 0.1) is 6.61 Å². The molecule has 1 aliphatic heterocycles. The molecule has 0 unspecified atom stereocenters. The summed E-state index contributed by atoms with van der Waals surface area (Å²) in [6, 6.07) is 21.5. The number of allylic oxidation sites excluding steroid dienone is 4. The van der Waals surface area contributed by atoms with E-state index in [0.29, 0.717) is 41.0 Å². The molecule has 0 amide bonds. The zero-order valence-electron chi connectivity index (χ0n) is 24.3. The summed E-state index contributed by atoms with van der Waals surface area (Å²) in [7, 11) is 0. The number of ketones is 2. The van der Waals surface area contributed by atoms with Gasteiger partial charge >= 0.3 is 0 Å². The van der Waals surface area contributed by atoms with Gasteiger partial charge in [-0.3, -0.25) is 9.59 Å². The number of benzene rings is 3. The first-order chi connectivity index (χ1) is 20.9. The molecule has 43 heavy (non-hydrogen) atoms. The molecular weight excluding hydrogens is 581 g/mol. The fraction of sp³-hybridized carbons (Fsp3) is 0.333. The third-order valence-electron chi connectivity index (χ3n) is 8.55. The first-order valence-electron chi connectivity index (χ1n) is 15.1. The third-order valence-corrected chi connectivity index (χ3v) is 9.14. The van der Waals surface area contributed by atoms with Crippen LogP contribution >= 0.6 is 23.2 Å². The number of hydrogen-bond acceptors (Lipinski definition) is 5. The maximum Gasteiger partial charge on any atom is 0.161 e. The molecule has 3 aliphatic rings. The number of nitrogens with zero attached hydrogens (tertiary/aromatic N) is 1. The Morgan fingerprint density at radius 2 is 1.49 bits per heavy atom. The topological polar surface area (TPSA) is 55.8 Å². The first kappa shape index (κ1) is 29.5. The van der Waals surface area contributed by atoms with Crippen LogP contribution in [-0.2, 0) is 22.6 Å². The van der Waals surface area contributed by atoms with Crippen LogP contribution < -0.4 is 9.47 Å². The Kier molecular flexibility index (Phi) is 8.92. The van der Waals surface area contributed by atoms with Crippen LogP contribution in [0.5, 0.6) is 11.5 Å². The van der Waals surface area contributed by atoms with Crippen LogP contribution in [0.25, 0.3) is 0 Å². The maximum atomic E-state index is 13.7. The number of carbonyl (C=O) groups excluding carboxylic acids is 2. The number of hydrogen-bond donors (Lipinski definition) is 0. The van der Waals surface area contributed by atoms with E-state index in [0.717, 1.165) is 72.3 Å². The Morgan fingerprint density at radius 3 is 2.14 bits per heavy atom. The Balaban J connectivity index is 1.38. The van der Waals surface area contributed by atoms with Gasteiger partial charge in [0, 0.05) is 63.5 Å². The Morgan fingerprint density at radius 1 is 0.791 bits per heavy atom. The van der Waals surface area contributed by atoms with E-state index in [9.17, 15) is 9.59 Å². The molecule has 0 aromatic heterocycles. The van der Waals surface area contributed by atoms with Gasteiger partial charge in [0.25, 0.3) is 0 Å². The van der Waals surface area contributed by atoms with Crippen molar-refractivity contribution >= 4 is 34.8 Å². The highest BCUT2D eigenvalue weighted by molar-refractivity contribution is 6.35. The van der Waals surface area contributed by atoms with Gasteiger partial charge in [0.1, 0.15) is 6.61 Å². The molecule has 0 saturated heterocycles. The minimum atomic E-state index is -0.405. The lowest BCUT2D eigenvalue weighted by molar-refractivity contribution is -0.117. The minimum Gasteiger partial charge on any atom is -0.490 e. The molecule has 0 fully saturated rings. The van der Waals surface area contributed by atoms with Gasteiger partial charge in [-0.05, 0) is 74.4 Å². The summed E-state index contributed by atoms with van der Waals surface area (Å²) in [6.45, 7) is 3.36. The van der Waals surface area contributed by atoms with Crippen LogP contribution in [0.3, 0.4) is 0 Å². The van der Waals surface area contributed by atoms with Gasteiger partial charge in [-0.25, -0.2) is 0 Å². The summed E-state index contributed by atoms with van der Waals surface area (Å²) in [6.07, 6.45) is 5.16. The summed E-state index contributed by atoms with van der Waals surface area (Å²) < 4.78 is 12.2. The predicted molar refractivity (Wildman–Crippen MR) is 170 cm³/mol. The van der Waals surface area contributed by atoms with Crippen LogP contribution in [0.1, 0.15) is 68.1 Å². The second-order valence-corrected chi connectivity index (χ2v) is 12.1. The molecule has 3 aromatic rings. The smallest absolute Gasteiger partial charge is 0.161 e. The Bertz CT molecular complexity index is 1570. The maximum absolute atomic E-state index is 13.7. The van der Waals surface area contributed by atoms with Crippen molar-refractivity contribution in [2.24, 2.45) is 0 Å². The van der Waals surface area contributed by atoms with E-state index < -0.39 is 5.92 Å². The van der Waals surface area contributed by atoms with E-state index in [-0.39, 0.29) is 18.2 Å².